The van der Waals surface area contributed by atoms with Crippen LogP contribution in [0.3, 0.4) is 0 Å². The van der Waals surface area contributed by atoms with Crippen LogP contribution in [-0.4, -0.2) is 161 Å². The van der Waals surface area contributed by atoms with Gasteiger partial charge in [0.25, 0.3) is 0 Å². The van der Waals surface area contributed by atoms with E-state index in [1.54, 1.807) is 27.9 Å². The molecule has 3 saturated heterocycles. The van der Waals surface area contributed by atoms with E-state index in [-0.39, 0.29) is 37.3 Å². The van der Waals surface area contributed by atoms with E-state index >= 15 is 0 Å². The Hall–Kier alpha value is -1.01. The van der Waals surface area contributed by atoms with Crippen LogP contribution in [0.2, 0.25) is 0 Å². The number of ether oxygens (including phenoxy) is 6. The minimum Gasteiger partial charge on any atom is -0.459 e. The van der Waals surface area contributed by atoms with Crippen LogP contribution in [0, 0.1) is 17.8 Å². The second kappa shape index (κ2) is 17.8. The van der Waals surface area contributed by atoms with Gasteiger partial charge in [0.05, 0.1) is 47.6 Å². The smallest absolute Gasteiger partial charge is 0.311 e. The normalized spacial score (nSPS) is 49.6. The van der Waals surface area contributed by atoms with Crippen molar-refractivity contribution in [2.24, 2.45) is 23.5 Å². The van der Waals surface area contributed by atoms with E-state index in [2.05, 4.69) is 0 Å². The number of rotatable bonds is 7. The molecular formula is C38H73N3O11. The van der Waals surface area contributed by atoms with Crippen molar-refractivity contribution in [2.75, 3.05) is 34.8 Å². The summed E-state index contributed by atoms with van der Waals surface area (Å²) in [5, 5.41) is 47.3. The Morgan fingerprint density at radius 1 is 1.00 bits per heavy atom. The number of carbonyl (C=O) groups excluding carboxylic acids is 1. The number of nitrogens with zero attached hydrogens (tertiary/aromatic N) is 2. The summed E-state index contributed by atoms with van der Waals surface area (Å²) in [5.74, 6) is -2.48. The molecule has 3 fully saturated rings. The number of methoxy groups -OCH3 is 1. The van der Waals surface area contributed by atoms with Crippen molar-refractivity contribution in [3.05, 3.63) is 0 Å². The third-order valence-electron chi connectivity index (χ3n) is 12.3. The number of hydrogen-bond donors (Lipinski definition) is 5. The predicted octanol–water partition coefficient (Wildman–Crippen LogP) is 1.87. The maximum atomic E-state index is 14.2. The van der Waals surface area contributed by atoms with Crippen molar-refractivity contribution >= 4 is 5.97 Å². The number of aliphatic hydroxyl groups is 4. The van der Waals surface area contributed by atoms with Crippen LogP contribution >= 0.6 is 0 Å². The Morgan fingerprint density at radius 3 is 2.17 bits per heavy atom. The van der Waals surface area contributed by atoms with E-state index < -0.39 is 95.9 Å². The van der Waals surface area contributed by atoms with Crippen LogP contribution in [-0.2, 0) is 33.2 Å². The molecule has 0 aliphatic carbocycles. The van der Waals surface area contributed by atoms with Gasteiger partial charge in [-0.3, -0.25) is 4.79 Å². The highest BCUT2D eigenvalue weighted by molar-refractivity contribution is 5.73. The van der Waals surface area contributed by atoms with Crippen molar-refractivity contribution < 1.29 is 53.6 Å². The summed E-state index contributed by atoms with van der Waals surface area (Å²) >= 11 is 0. The van der Waals surface area contributed by atoms with Gasteiger partial charge in [-0.2, -0.15) is 0 Å². The van der Waals surface area contributed by atoms with E-state index in [1.807, 2.05) is 72.5 Å². The molecule has 3 heterocycles. The first-order valence-corrected chi connectivity index (χ1v) is 19.2. The lowest BCUT2D eigenvalue weighted by atomic mass is 9.77. The molecule has 0 saturated carbocycles. The van der Waals surface area contributed by atoms with Crippen LogP contribution < -0.4 is 5.73 Å². The van der Waals surface area contributed by atoms with E-state index in [0.29, 0.717) is 13.0 Å². The highest BCUT2D eigenvalue weighted by atomic mass is 16.7. The van der Waals surface area contributed by atoms with E-state index in [0.717, 1.165) is 0 Å². The van der Waals surface area contributed by atoms with Gasteiger partial charge in [-0.15, -0.1) is 0 Å². The summed E-state index contributed by atoms with van der Waals surface area (Å²) in [7, 11) is 7.23. The standard InChI is InChI=1S/C38H73N3O11/c1-15-27-38(10,46)32(43)24(6)41(13)19-20(2)17-36(8,45)33(52-35-29(42)26(40(11)12)16-21(3)48-35)22(4)30(23(5)34(44)50-27)51-28-18-37(9,47-14)31(39)25(7)49-28/h20-33,35,42-43,45-46H,15-19,39H2,1-14H3/t20-,21-,22+,23-,24-,25+,26+,27-,28+,29-,30+,31+,32-,33-,35+,36-,37-,38-/m1/s1. The number of carbonyl (C=O) groups is 1. The summed E-state index contributed by atoms with van der Waals surface area (Å²) in [5.41, 5.74) is 2.37. The molecular weight excluding hydrogens is 674 g/mol. The average Bonchev–Trinajstić information content (AvgIpc) is 3.05. The lowest BCUT2D eigenvalue weighted by molar-refractivity contribution is -0.311. The lowest BCUT2D eigenvalue weighted by Gasteiger charge is -2.49. The van der Waals surface area contributed by atoms with Gasteiger partial charge in [-0.05, 0) is 94.8 Å². The monoisotopic (exact) mass is 748 g/mol. The minimum absolute atomic E-state index is 0.128. The van der Waals surface area contributed by atoms with Crippen molar-refractivity contribution in [3.63, 3.8) is 0 Å². The predicted molar refractivity (Wildman–Crippen MR) is 196 cm³/mol. The van der Waals surface area contributed by atoms with Gasteiger partial charge in [0.1, 0.15) is 23.9 Å². The second-order valence-electron chi connectivity index (χ2n) is 17.2. The van der Waals surface area contributed by atoms with E-state index in [9.17, 15) is 25.2 Å². The zero-order chi connectivity index (χ0) is 39.7. The lowest BCUT2D eigenvalue weighted by Crippen LogP contribution is -2.62. The first-order valence-electron chi connectivity index (χ1n) is 19.2. The molecule has 0 spiro atoms. The molecule has 306 valence electrons. The molecule has 0 amide bonds. The van der Waals surface area contributed by atoms with Gasteiger partial charge in [0, 0.05) is 38.1 Å². The van der Waals surface area contributed by atoms with Crippen LogP contribution in [0.25, 0.3) is 0 Å². The number of likely N-dealkylation sites (N-methyl/N-ethyl adjacent to an activating group) is 2. The first-order chi connectivity index (χ1) is 23.9. The molecule has 52 heavy (non-hydrogen) atoms. The molecule has 6 N–H and O–H groups in total. The molecule has 3 rings (SSSR count). The molecule has 0 bridgehead atoms. The number of cyclic esters (lactones) is 1. The Labute approximate surface area is 312 Å². The van der Waals surface area contributed by atoms with Crippen LogP contribution in [0.1, 0.15) is 94.9 Å². The Balaban J connectivity index is 2.17. The topological polar surface area (TPSA) is 186 Å². The first kappa shape index (κ1) is 45.4. The summed E-state index contributed by atoms with van der Waals surface area (Å²) in [4.78, 5) is 18.1. The third kappa shape index (κ3) is 10.0. The molecule has 3 aliphatic heterocycles. The van der Waals surface area contributed by atoms with Crippen LogP contribution in [0.15, 0.2) is 0 Å². The summed E-state index contributed by atoms with van der Waals surface area (Å²) in [6, 6.07) is -1.23. The van der Waals surface area contributed by atoms with Gasteiger partial charge in [-0.1, -0.05) is 20.8 Å². The fraction of sp³-hybridized carbons (Fsp3) is 0.974. The van der Waals surface area contributed by atoms with Gasteiger partial charge in [0.15, 0.2) is 12.6 Å². The Kier molecular flexibility index (Phi) is 15.6. The van der Waals surface area contributed by atoms with Crippen molar-refractivity contribution in [1.29, 1.82) is 0 Å². The quantitative estimate of drug-likeness (QED) is 0.238. The van der Waals surface area contributed by atoms with Gasteiger partial charge in [-0.25, -0.2) is 0 Å². The fourth-order valence-electron chi connectivity index (χ4n) is 8.78. The van der Waals surface area contributed by atoms with Crippen LogP contribution in [0.5, 0.6) is 0 Å². The Morgan fingerprint density at radius 2 is 1.62 bits per heavy atom. The number of aliphatic hydroxyl groups excluding tert-OH is 2. The highest BCUT2D eigenvalue weighted by Crippen LogP contribution is 2.40. The summed E-state index contributed by atoms with van der Waals surface area (Å²) in [6.07, 6.45) is -6.64. The van der Waals surface area contributed by atoms with Gasteiger partial charge in [0.2, 0.25) is 0 Å². The van der Waals surface area contributed by atoms with Gasteiger partial charge >= 0.3 is 5.97 Å². The maximum absolute atomic E-state index is 14.2. The fourth-order valence-corrected chi connectivity index (χ4v) is 8.78. The van der Waals surface area contributed by atoms with Gasteiger partial charge < -0.3 is 64.4 Å². The SMILES string of the molecule is CC[C@H]1OC(=O)[C@H](C)[C@@H](O[C@H]2C[C@@](C)(OC)[C@@H](N)[C@H](C)O2)[C@H](C)[C@@H](O[C@@H]2O[C@H](C)C[C@H](N(C)C)[C@H]2O)[C@](C)(O)C[C@@H](C)CN(C)[C@H](C)[C@@H](O)[C@]1(C)O. The van der Waals surface area contributed by atoms with Crippen molar-refractivity contribution in [1.82, 2.24) is 9.80 Å². The molecule has 14 heteroatoms. The summed E-state index contributed by atoms with van der Waals surface area (Å²) < 4.78 is 37.9. The molecule has 0 radical (unpaired) electrons. The molecule has 14 nitrogen and oxygen atoms in total. The number of nitrogens with two attached hydrogens (primary N) is 1. The molecule has 0 unspecified atom stereocenters. The maximum Gasteiger partial charge on any atom is 0.311 e. The largest absolute Gasteiger partial charge is 0.459 e. The molecule has 0 aromatic rings. The van der Waals surface area contributed by atoms with E-state index in [1.165, 1.54) is 6.92 Å². The van der Waals surface area contributed by atoms with Crippen LogP contribution in [0.4, 0.5) is 0 Å². The summed E-state index contributed by atoms with van der Waals surface area (Å²) in [6.45, 7) is 18.4. The third-order valence-corrected chi connectivity index (χ3v) is 12.3. The second-order valence-corrected chi connectivity index (χ2v) is 17.2. The number of esters is 1. The van der Waals surface area contributed by atoms with Crippen molar-refractivity contribution in [3.8, 4) is 0 Å². The zero-order valence-corrected chi connectivity index (χ0v) is 34.3. The molecule has 3 aliphatic rings. The number of hydrogen-bond acceptors (Lipinski definition) is 14. The highest BCUT2D eigenvalue weighted by Gasteiger charge is 2.52. The Bertz CT molecular complexity index is 1150. The van der Waals surface area contributed by atoms with Crippen molar-refractivity contribution in [2.45, 2.75) is 185 Å². The molecule has 0 aromatic heterocycles. The molecule has 0 aromatic carbocycles. The average molecular weight is 748 g/mol. The minimum atomic E-state index is -1.78. The zero-order valence-electron chi connectivity index (χ0n) is 34.3. The molecule has 18 atom stereocenters. The van der Waals surface area contributed by atoms with E-state index in [4.69, 9.17) is 34.2 Å².